The van der Waals surface area contributed by atoms with Gasteiger partial charge >= 0.3 is 6.09 Å². The third kappa shape index (κ3) is 7.32. The molecule has 9 heteroatoms. The minimum absolute atomic E-state index is 0.0554. The van der Waals surface area contributed by atoms with Gasteiger partial charge in [0.2, 0.25) is 5.91 Å². The van der Waals surface area contributed by atoms with Crippen LogP contribution in [0.5, 0.6) is 0 Å². The molecule has 3 rings (SSSR count). The monoisotopic (exact) mass is 407 g/mol. The van der Waals surface area contributed by atoms with Crippen LogP contribution in [0.4, 0.5) is 10.5 Å². The van der Waals surface area contributed by atoms with Crippen LogP contribution in [-0.4, -0.2) is 70.7 Å². The molecule has 1 atom stereocenters. The second-order valence-corrected chi connectivity index (χ2v) is 8.83. The van der Waals surface area contributed by atoms with Crippen molar-refractivity contribution in [2.75, 3.05) is 31.6 Å². The first-order chi connectivity index (χ1) is 13.8. The van der Waals surface area contributed by atoms with Gasteiger partial charge in [-0.3, -0.25) is 14.4 Å². The number of alkyl carbamates (subject to hydrolysis) is 1. The smallest absolute Gasteiger partial charge is 0.407 e. The molecule has 162 valence electrons. The number of ether oxygens (including phenoxy) is 2. The lowest BCUT2D eigenvalue weighted by Crippen LogP contribution is -2.47. The summed E-state index contributed by atoms with van der Waals surface area (Å²) >= 11 is 0. The third-order valence-corrected chi connectivity index (χ3v) is 5.01. The summed E-state index contributed by atoms with van der Waals surface area (Å²) in [4.78, 5) is 26.3. The van der Waals surface area contributed by atoms with Crippen molar-refractivity contribution in [2.24, 2.45) is 0 Å². The molecule has 0 spiro atoms. The molecule has 2 N–H and O–H groups in total. The molecule has 0 saturated carbocycles. The topological polar surface area (TPSA) is 97.7 Å². The second kappa shape index (κ2) is 9.58. The lowest BCUT2D eigenvalue weighted by molar-refractivity contribution is -0.117. The highest BCUT2D eigenvalue weighted by Gasteiger charge is 2.24. The average molecular weight is 408 g/mol. The van der Waals surface area contributed by atoms with Crippen molar-refractivity contribution in [1.82, 2.24) is 20.0 Å². The fraction of sp³-hybridized carbons (Fsp3) is 0.750. The maximum atomic E-state index is 12.3. The predicted octanol–water partition coefficient (Wildman–Crippen LogP) is 1.99. The molecular weight excluding hydrogens is 374 g/mol. The van der Waals surface area contributed by atoms with Crippen molar-refractivity contribution in [3.05, 3.63) is 12.4 Å². The molecule has 9 nitrogen and oxygen atoms in total. The van der Waals surface area contributed by atoms with E-state index in [4.69, 9.17) is 9.47 Å². The minimum atomic E-state index is -0.499. The summed E-state index contributed by atoms with van der Waals surface area (Å²) in [6.07, 6.45) is 7.10. The molecule has 0 unspecified atom stereocenters. The minimum Gasteiger partial charge on any atom is -0.444 e. The SMILES string of the molecule is CC(C)(C)OC(=O)NC1CCN(CC(=O)Nc2cnn(C[C@H]3CCCO3)c2)CC1. The van der Waals surface area contributed by atoms with Gasteiger partial charge in [0.1, 0.15) is 5.60 Å². The molecule has 0 bridgehead atoms. The quantitative estimate of drug-likeness (QED) is 0.748. The van der Waals surface area contributed by atoms with Crippen molar-refractivity contribution >= 4 is 17.7 Å². The Morgan fingerprint density at radius 3 is 2.69 bits per heavy atom. The number of piperidine rings is 1. The van der Waals surface area contributed by atoms with Gasteiger partial charge in [-0.25, -0.2) is 4.79 Å². The van der Waals surface area contributed by atoms with Crippen LogP contribution in [0, 0.1) is 0 Å². The maximum absolute atomic E-state index is 12.3. The Hall–Kier alpha value is -2.13. The van der Waals surface area contributed by atoms with Gasteiger partial charge < -0.3 is 20.1 Å². The van der Waals surface area contributed by atoms with Crippen molar-refractivity contribution in [3.8, 4) is 0 Å². The van der Waals surface area contributed by atoms with Crippen LogP contribution in [0.15, 0.2) is 12.4 Å². The number of carbonyl (C=O) groups is 2. The van der Waals surface area contributed by atoms with E-state index < -0.39 is 5.60 Å². The number of hydrogen-bond acceptors (Lipinski definition) is 6. The summed E-state index contributed by atoms with van der Waals surface area (Å²) in [6, 6.07) is 0.0835. The molecule has 2 aliphatic heterocycles. The number of likely N-dealkylation sites (tertiary alicyclic amines) is 1. The van der Waals surface area contributed by atoms with E-state index in [0.717, 1.165) is 45.4 Å². The van der Waals surface area contributed by atoms with Crippen LogP contribution in [0.1, 0.15) is 46.5 Å². The van der Waals surface area contributed by atoms with Gasteiger partial charge in [0.25, 0.3) is 0 Å². The number of nitrogens with zero attached hydrogens (tertiary/aromatic N) is 3. The van der Waals surface area contributed by atoms with Gasteiger partial charge in [0, 0.05) is 31.9 Å². The zero-order chi connectivity index (χ0) is 20.9. The van der Waals surface area contributed by atoms with Crippen LogP contribution < -0.4 is 10.6 Å². The van der Waals surface area contributed by atoms with Crippen molar-refractivity contribution in [3.63, 3.8) is 0 Å². The molecule has 1 aromatic heterocycles. The van der Waals surface area contributed by atoms with Gasteiger partial charge in [-0.15, -0.1) is 0 Å². The zero-order valence-corrected chi connectivity index (χ0v) is 17.6. The summed E-state index contributed by atoms with van der Waals surface area (Å²) in [5.74, 6) is -0.0554. The summed E-state index contributed by atoms with van der Waals surface area (Å²) in [7, 11) is 0. The maximum Gasteiger partial charge on any atom is 0.407 e. The molecule has 2 fully saturated rings. The van der Waals surface area contributed by atoms with E-state index in [1.54, 1.807) is 6.20 Å². The van der Waals surface area contributed by atoms with Crippen LogP contribution in [-0.2, 0) is 20.8 Å². The standard InChI is InChI=1S/C20H33N5O4/c1-20(2,3)29-19(27)23-15-6-8-24(9-7-15)14-18(26)22-16-11-21-25(12-16)13-17-5-4-10-28-17/h11-12,15,17H,4-10,13-14H2,1-3H3,(H,22,26)(H,23,27)/t17-/m1/s1. The summed E-state index contributed by atoms with van der Waals surface area (Å²) < 4.78 is 12.7. The highest BCUT2D eigenvalue weighted by Crippen LogP contribution is 2.16. The number of carbonyl (C=O) groups excluding carboxylic acids is 2. The first-order valence-electron chi connectivity index (χ1n) is 10.4. The van der Waals surface area contributed by atoms with Gasteiger partial charge in [0.05, 0.1) is 31.1 Å². The summed E-state index contributed by atoms with van der Waals surface area (Å²) in [6.45, 7) is 8.92. The highest BCUT2D eigenvalue weighted by molar-refractivity contribution is 5.91. The molecule has 3 heterocycles. The Bertz CT molecular complexity index is 685. The lowest BCUT2D eigenvalue weighted by atomic mass is 10.1. The van der Waals surface area contributed by atoms with Crippen LogP contribution in [0.2, 0.25) is 0 Å². The molecule has 0 radical (unpaired) electrons. The van der Waals surface area contributed by atoms with Gasteiger partial charge in [-0.1, -0.05) is 0 Å². The highest BCUT2D eigenvalue weighted by atomic mass is 16.6. The van der Waals surface area contributed by atoms with E-state index in [1.807, 2.05) is 31.6 Å². The number of amides is 2. The number of rotatable bonds is 6. The summed E-state index contributed by atoms with van der Waals surface area (Å²) in [5, 5.41) is 10.1. The Balaban J connectivity index is 1.35. The normalized spacial score (nSPS) is 21.1. The zero-order valence-electron chi connectivity index (χ0n) is 17.6. The van der Waals surface area contributed by atoms with Gasteiger partial charge in [0.15, 0.2) is 0 Å². The largest absolute Gasteiger partial charge is 0.444 e. The Morgan fingerprint density at radius 1 is 1.28 bits per heavy atom. The van der Waals surface area contributed by atoms with Crippen molar-refractivity contribution in [2.45, 2.75) is 70.7 Å². The van der Waals surface area contributed by atoms with Gasteiger partial charge in [-0.05, 0) is 46.5 Å². The molecule has 29 heavy (non-hydrogen) atoms. The van der Waals surface area contributed by atoms with E-state index in [-0.39, 0.29) is 24.1 Å². The molecule has 2 amide bonds. The molecular formula is C20H33N5O4. The van der Waals surface area contributed by atoms with Crippen LogP contribution >= 0.6 is 0 Å². The summed E-state index contributed by atoms with van der Waals surface area (Å²) in [5.41, 5.74) is 0.204. The second-order valence-electron chi connectivity index (χ2n) is 8.83. The van der Waals surface area contributed by atoms with E-state index in [1.165, 1.54) is 0 Å². The van der Waals surface area contributed by atoms with E-state index >= 15 is 0 Å². The number of nitrogens with one attached hydrogen (secondary N) is 2. The Labute approximate surface area is 172 Å². The molecule has 0 aromatic carbocycles. The molecule has 2 aliphatic rings. The Kier molecular flexibility index (Phi) is 7.13. The number of hydrogen-bond donors (Lipinski definition) is 2. The van der Waals surface area contributed by atoms with Crippen molar-refractivity contribution < 1.29 is 19.1 Å². The number of anilines is 1. The lowest BCUT2D eigenvalue weighted by Gasteiger charge is -2.32. The molecule has 0 aliphatic carbocycles. The first-order valence-corrected chi connectivity index (χ1v) is 10.4. The van der Waals surface area contributed by atoms with E-state index in [2.05, 4.69) is 20.6 Å². The van der Waals surface area contributed by atoms with Crippen LogP contribution in [0.3, 0.4) is 0 Å². The fourth-order valence-electron chi connectivity index (χ4n) is 3.64. The average Bonchev–Trinajstić information content (AvgIpc) is 3.27. The number of aromatic nitrogens is 2. The van der Waals surface area contributed by atoms with Gasteiger partial charge in [-0.2, -0.15) is 5.10 Å². The fourth-order valence-corrected chi connectivity index (χ4v) is 3.64. The molecule has 2 saturated heterocycles. The first kappa shape index (κ1) is 21.6. The molecule has 1 aromatic rings. The Morgan fingerprint density at radius 2 is 2.03 bits per heavy atom. The van der Waals surface area contributed by atoms with E-state index in [9.17, 15) is 9.59 Å². The van der Waals surface area contributed by atoms with E-state index in [0.29, 0.717) is 18.8 Å². The van der Waals surface area contributed by atoms with Crippen LogP contribution in [0.25, 0.3) is 0 Å². The van der Waals surface area contributed by atoms with Crippen molar-refractivity contribution in [1.29, 1.82) is 0 Å². The predicted molar refractivity (Wildman–Crippen MR) is 109 cm³/mol. The third-order valence-electron chi connectivity index (χ3n) is 5.01.